The van der Waals surface area contributed by atoms with Gasteiger partial charge in [0.1, 0.15) is 17.3 Å². The Morgan fingerprint density at radius 3 is 2.71 bits per heavy atom. The molecule has 4 aromatic rings. The van der Waals surface area contributed by atoms with E-state index in [0.29, 0.717) is 35.0 Å². The molecule has 2 N–H and O–H groups in total. The van der Waals surface area contributed by atoms with Gasteiger partial charge in [0.2, 0.25) is 11.9 Å². The van der Waals surface area contributed by atoms with Crippen molar-refractivity contribution >= 4 is 23.1 Å². The maximum atomic E-state index is 12.7. The molecule has 0 radical (unpaired) electrons. The molecule has 4 rings (SSSR count). The minimum Gasteiger partial charge on any atom is -0.361 e. The summed E-state index contributed by atoms with van der Waals surface area (Å²) in [4.78, 5) is 33.1. The number of aromatic amines is 1. The quantitative estimate of drug-likeness (QED) is 0.476. The summed E-state index contributed by atoms with van der Waals surface area (Å²) in [7, 11) is 0. The lowest BCUT2D eigenvalue weighted by Crippen LogP contribution is -2.21. The van der Waals surface area contributed by atoms with E-state index in [9.17, 15) is 9.59 Å². The third-order valence-corrected chi connectivity index (χ3v) is 6.01. The lowest BCUT2D eigenvalue weighted by molar-refractivity contribution is -0.116. The van der Waals surface area contributed by atoms with Crippen LogP contribution in [0.2, 0.25) is 0 Å². The SMILES string of the molecule is Cc1noc(C)c1CCC(=O)Nc1cc(-c2cccs2)nn1-c1nc(C)c(C)c(=O)[nH]1. The number of aromatic nitrogens is 5. The number of nitrogens with zero attached hydrogens (tertiary/aromatic N) is 4. The minimum atomic E-state index is -0.244. The molecule has 1 amide bonds. The average molecular weight is 439 g/mol. The van der Waals surface area contributed by atoms with E-state index in [0.717, 1.165) is 16.1 Å². The number of carbonyl (C=O) groups excluding carboxylic acids is 1. The van der Waals surface area contributed by atoms with E-state index in [-0.39, 0.29) is 23.8 Å². The highest BCUT2D eigenvalue weighted by Crippen LogP contribution is 2.27. The first kappa shape index (κ1) is 20.7. The maximum Gasteiger partial charge on any atom is 0.255 e. The molecule has 0 aliphatic heterocycles. The standard InChI is InChI=1S/C21H22N6O3S/c1-11-12(2)22-21(24-20(11)29)27-18(10-16(25-27)17-6-5-9-31-17)23-19(28)8-7-15-13(3)26-30-14(15)4/h5-6,9-10H,7-8H2,1-4H3,(H,23,28)(H,22,24,29). The molecule has 0 bridgehead atoms. The van der Waals surface area contributed by atoms with Gasteiger partial charge in [-0.3, -0.25) is 14.6 Å². The van der Waals surface area contributed by atoms with Gasteiger partial charge in [0.15, 0.2) is 0 Å². The molecule has 31 heavy (non-hydrogen) atoms. The van der Waals surface area contributed by atoms with E-state index in [1.807, 2.05) is 31.4 Å². The Balaban J connectivity index is 1.64. The fourth-order valence-corrected chi connectivity index (χ4v) is 3.89. The Morgan fingerprint density at radius 2 is 2.06 bits per heavy atom. The molecule has 160 valence electrons. The summed E-state index contributed by atoms with van der Waals surface area (Å²) in [5.74, 6) is 1.20. The summed E-state index contributed by atoms with van der Waals surface area (Å²) in [5, 5.41) is 13.4. The number of aryl methyl sites for hydroxylation is 3. The molecule has 4 heterocycles. The molecule has 0 aliphatic rings. The van der Waals surface area contributed by atoms with Gasteiger partial charge in [-0.25, -0.2) is 4.98 Å². The van der Waals surface area contributed by atoms with Crippen molar-refractivity contribution in [2.24, 2.45) is 0 Å². The monoisotopic (exact) mass is 438 g/mol. The third kappa shape index (κ3) is 4.19. The number of carbonyl (C=O) groups is 1. The van der Waals surface area contributed by atoms with E-state index < -0.39 is 0 Å². The van der Waals surface area contributed by atoms with Crippen molar-refractivity contribution < 1.29 is 9.32 Å². The molecule has 0 aromatic carbocycles. The fraction of sp³-hybridized carbons (Fsp3) is 0.286. The van der Waals surface area contributed by atoms with Crippen LogP contribution in [-0.2, 0) is 11.2 Å². The average Bonchev–Trinajstić information content (AvgIpc) is 3.46. The highest BCUT2D eigenvalue weighted by molar-refractivity contribution is 7.13. The van der Waals surface area contributed by atoms with Gasteiger partial charge >= 0.3 is 0 Å². The zero-order valence-corrected chi connectivity index (χ0v) is 18.5. The summed E-state index contributed by atoms with van der Waals surface area (Å²) in [6, 6.07) is 5.64. The highest BCUT2D eigenvalue weighted by Gasteiger charge is 2.18. The van der Waals surface area contributed by atoms with Gasteiger partial charge in [0.25, 0.3) is 5.56 Å². The van der Waals surface area contributed by atoms with Crippen LogP contribution < -0.4 is 10.9 Å². The van der Waals surface area contributed by atoms with E-state index in [4.69, 9.17) is 4.52 Å². The van der Waals surface area contributed by atoms with E-state index >= 15 is 0 Å². The summed E-state index contributed by atoms with van der Waals surface area (Å²) < 4.78 is 6.62. The van der Waals surface area contributed by atoms with Gasteiger partial charge in [-0.05, 0) is 45.6 Å². The summed E-state index contributed by atoms with van der Waals surface area (Å²) in [6.45, 7) is 7.16. The first-order valence-electron chi connectivity index (χ1n) is 9.77. The Hall–Kier alpha value is -3.53. The predicted octanol–water partition coefficient (Wildman–Crippen LogP) is 3.48. The van der Waals surface area contributed by atoms with Crippen LogP contribution in [0.5, 0.6) is 0 Å². The Labute approximate surface area is 182 Å². The smallest absolute Gasteiger partial charge is 0.255 e. The van der Waals surface area contributed by atoms with Gasteiger partial charge in [-0.2, -0.15) is 9.78 Å². The molecule has 0 aliphatic carbocycles. The van der Waals surface area contributed by atoms with Crippen molar-refractivity contribution in [3.8, 4) is 16.5 Å². The zero-order valence-electron chi connectivity index (χ0n) is 17.6. The largest absolute Gasteiger partial charge is 0.361 e. The molecular formula is C21H22N6O3S. The second-order valence-corrected chi connectivity index (χ2v) is 8.20. The molecule has 0 unspecified atom stereocenters. The summed E-state index contributed by atoms with van der Waals surface area (Å²) >= 11 is 1.53. The van der Waals surface area contributed by atoms with Crippen LogP contribution in [0.3, 0.4) is 0 Å². The number of amides is 1. The second kappa shape index (κ2) is 8.31. The molecule has 4 aromatic heterocycles. The van der Waals surface area contributed by atoms with Crippen molar-refractivity contribution in [3.63, 3.8) is 0 Å². The lowest BCUT2D eigenvalue weighted by atomic mass is 10.1. The second-order valence-electron chi connectivity index (χ2n) is 7.25. The maximum absolute atomic E-state index is 12.7. The molecule has 0 saturated heterocycles. The third-order valence-electron chi connectivity index (χ3n) is 5.12. The molecule has 0 spiro atoms. The van der Waals surface area contributed by atoms with Crippen molar-refractivity contribution in [1.29, 1.82) is 0 Å². The van der Waals surface area contributed by atoms with E-state index in [1.54, 1.807) is 19.9 Å². The van der Waals surface area contributed by atoms with Gasteiger partial charge in [-0.1, -0.05) is 11.2 Å². The molecule has 0 fully saturated rings. The number of thiophene rings is 1. The molecule has 0 saturated carbocycles. The van der Waals surface area contributed by atoms with Gasteiger partial charge in [0, 0.05) is 29.3 Å². The number of hydrogen-bond donors (Lipinski definition) is 2. The van der Waals surface area contributed by atoms with Gasteiger partial charge in [-0.15, -0.1) is 11.3 Å². The molecule has 9 nitrogen and oxygen atoms in total. The van der Waals surface area contributed by atoms with Crippen LogP contribution in [0.15, 0.2) is 32.9 Å². The molecular weight excluding hydrogens is 416 g/mol. The fourth-order valence-electron chi connectivity index (χ4n) is 3.21. The Morgan fingerprint density at radius 1 is 1.26 bits per heavy atom. The topological polar surface area (TPSA) is 119 Å². The number of hydrogen-bond acceptors (Lipinski definition) is 7. The molecule has 10 heteroatoms. The van der Waals surface area contributed by atoms with Crippen molar-refractivity contribution in [1.82, 2.24) is 24.9 Å². The van der Waals surface area contributed by atoms with Crippen LogP contribution in [0.1, 0.15) is 34.7 Å². The van der Waals surface area contributed by atoms with E-state index in [1.165, 1.54) is 16.0 Å². The van der Waals surface area contributed by atoms with Crippen molar-refractivity contribution in [2.45, 2.75) is 40.5 Å². The minimum absolute atomic E-state index is 0.190. The zero-order chi connectivity index (χ0) is 22.1. The normalized spacial score (nSPS) is 11.1. The molecule has 0 atom stereocenters. The number of rotatable bonds is 6. The van der Waals surface area contributed by atoms with E-state index in [2.05, 4.69) is 25.5 Å². The summed E-state index contributed by atoms with van der Waals surface area (Å²) in [6.07, 6.45) is 0.761. The van der Waals surface area contributed by atoms with Crippen LogP contribution in [0.25, 0.3) is 16.5 Å². The number of nitrogens with one attached hydrogen (secondary N) is 2. The lowest BCUT2D eigenvalue weighted by Gasteiger charge is -2.09. The summed E-state index contributed by atoms with van der Waals surface area (Å²) in [5.41, 5.74) is 3.29. The highest BCUT2D eigenvalue weighted by atomic mass is 32.1. The van der Waals surface area contributed by atoms with Crippen LogP contribution in [-0.4, -0.2) is 30.8 Å². The first-order valence-corrected chi connectivity index (χ1v) is 10.6. The first-order chi connectivity index (χ1) is 14.8. The Kier molecular flexibility index (Phi) is 5.55. The van der Waals surface area contributed by atoms with Crippen molar-refractivity contribution in [3.05, 3.63) is 62.2 Å². The number of anilines is 1. The Bertz CT molecular complexity index is 1280. The van der Waals surface area contributed by atoms with Crippen LogP contribution in [0.4, 0.5) is 5.82 Å². The van der Waals surface area contributed by atoms with Crippen molar-refractivity contribution in [2.75, 3.05) is 5.32 Å². The van der Waals surface area contributed by atoms with Crippen LogP contribution in [0, 0.1) is 27.7 Å². The van der Waals surface area contributed by atoms with Crippen LogP contribution >= 0.6 is 11.3 Å². The van der Waals surface area contributed by atoms with Gasteiger partial charge in [0.05, 0.1) is 10.6 Å². The number of H-pyrrole nitrogens is 1. The predicted molar refractivity (Wildman–Crippen MR) is 118 cm³/mol. The van der Waals surface area contributed by atoms with Gasteiger partial charge < -0.3 is 9.84 Å².